The predicted molar refractivity (Wildman–Crippen MR) is 132 cm³/mol. The van der Waals surface area contributed by atoms with Crippen LogP contribution in [-0.2, 0) is 9.59 Å². The van der Waals surface area contributed by atoms with Crippen molar-refractivity contribution in [1.29, 1.82) is 0 Å². The van der Waals surface area contributed by atoms with Crippen molar-refractivity contribution < 1.29 is 29.7 Å². The number of β-amino-alcohol motifs (C(OH)–C–C–N with tert-alkyl or cyclic N) is 1. The van der Waals surface area contributed by atoms with Crippen molar-refractivity contribution >= 4 is 29.3 Å². The first-order chi connectivity index (χ1) is 16.4. The van der Waals surface area contributed by atoms with Gasteiger partial charge in [-0.1, -0.05) is 18.2 Å². The number of carbonyl (C=O) groups is 3. The molecule has 2 aromatic rings. The molecule has 35 heavy (non-hydrogen) atoms. The number of quaternary nitrogens is 1. The lowest BCUT2D eigenvalue weighted by atomic mass is 9.98. The summed E-state index contributed by atoms with van der Waals surface area (Å²) in [6.45, 7) is 8.02. The number of carboxylic acids is 1. The maximum absolute atomic E-state index is 12.9. The Labute approximate surface area is 204 Å². The van der Waals surface area contributed by atoms with E-state index in [2.05, 4.69) is 16.0 Å². The number of hydrogen-bond acceptors (Lipinski definition) is 6. The van der Waals surface area contributed by atoms with Crippen LogP contribution in [0.4, 0.5) is 16.2 Å². The van der Waals surface area contributed by atoms with Gasteiger partial charge in [0.15, 0.2) is 0 Å². The average molecular weight is 486 g/mol. The van der Waals surface area contributed by atoms with Crippen molar-refractivity contribution in [2.75, 3.05) is 31.5 Å². The van der Waals surface area contributed by atoms with Crippen LogP contribution in [0.5, 0.6) is 5.75 Å². The van der Waals surface area contributed by atoms with Crippen LogP contribution in [0.1, 0.15) is 37.5 Å². The van der Waals surface area contributed by atoms with Crippen LogP contribution in [0.15, 0.2) is 42.5 Å². The third-order valence-electron chi connectivity index (χ3n) is 6.39. The van der Waals surface area contributed by atoms with E-state index < -0.39 is 23.5 Å². The van der Waals surface area contributed by atoms with E-state index in [1.807, 2.05) is 45.0 Å². The number of aliphatic hydroxyl groups is 1. The second kappa shape index (κ2) is 10.4. The quantitative estimate of drug-likeness (QED) is 0.181. The number of nitrogens with zero attached hydrogens (tertiary/aromatic N) is 1. The van der Waals surface area contributed by atoms with Gasteiger partial charge >= 0.3 is 17.9 Å². The van der Waals surface area contributed by atoms with Crippen LogP contribution in [0, 0.1) is 6.92 Å². The zero-order valence-corrected chi connectivity index (χ0v) is 20.2. The van der Waals surface area contributed by atoms with Gasteiger partial charge in [-0.15, -0.1) is 0 Å². The van der Waals surface area contributed by atoms with Gasteiger partial charge in [0.05, 0.1) is 24.9 Å². The van der Waals surface area contributed by atoms with Gasteiger partial charge in [-0.3, -0.25) is 10.1 Å². The smallest absolute Gasteiger partial charge is 0.421 e. The topological polar surface area (TPSA) is 148 Å². The van der Waals surface area contributed by atoms with E-state index in [4.69, 9.17) is 5.11 Å². The molecule has 1 fully saturated rings. The highest BCUT2D eigenvalue weighted by molar-refractivity contribution is 6.36. The molecule has 2 unspecified atom stereocenters. The summed E-state index contributed by atoms with van der Waals surface area (Å²) in [7, 11) is 0. The Kier molecular flexibility index (Phi) is 7.79. The minimum atomic E-state index is -1.68. The molecule has 1 heterocycles. The molecule has 0 bridgehead atoms. The van der Waals surface area contributed by atoms with Crippen molar-refractivity contribution in [2.24, 2.45) is 0 Å². The van der Waals surface area contributed by atoms with E-state index in [0.717, 1.165) is 11.3 Å². The van der Waals surface area contributed by atoms with Gasteiger partial charge in [-0.2, -0.15) is 0 Å². The Hall–Kier alpha value is -3.47. The van der Waals surface area contributed by atoms with E-state index in [-0.39, 0.29) is 28.5 Å². The van der Waals surface area contributed by atoms with Crippen LogP contribution < -0.4 is 20.4 Å². The molecule has 1 aliphatic heterocycles. The number of aliphatic carboxylic acids is 1. The highest BCUT2D eigenvalue weighted by Crippen LogP contribution is 2.30. The summed E-state index contributed by atoms with van der Waals surface area (Å²) >= 11 is 0. The minimum Gasteiger partial charge on any atom is -0.506 e. The molecule has 3 rings (SSSR count). The Bertz CT molecular complexity index is 1120. The van der Waals surface area contributed by atoms with Gasteiger partial charge < -0.3 is 26.0 Å². The van der Waals surface area contributed by atoms with Crippen molar-refractivity contribution in [1.82, 2.24) is 15.1 Å². The number of amides is 3. The molecule has 0 spiro atoms. The second-order valence-corrected chi connectivity index (χ2v) is 9.55. The van der Waals surface area contributed by atoms with Crippen molar-refractivity contribution in [3.05, 3.63) is 53.6 Å². The fourth-order valence-corrected chi connectivity index (χ4v) is 4.18. The van der Waals surface area contributed by atoms with E-state index in [1.54, 1.807) is 0 Å². The number of anilines is 1. The van der Waals surface area contributed by atoms with Gasteiger partial charge in [0, 0.05) is 24.6 Å². The monoisotopic (exact) mass is 485 g/mol. The van der Waals surface area contributed by atoms with Gasteiger partial charge in [0.1, 0.15) is 18.0 Å². The third kappa shape index (κ3) is 6.16. The van der Waals surface area contributed by atoms with E-state index >= 15 is 0 Å². The first-order valence-electron chi connectivity index (χ1n) is 11.5. The number of phenols is 1. The summed E-state index contributed by atoms with van der Waals surface area (Å²) in [6, 6.07) is 12.1. The lowest BCUT2D eigenvalue weighted by Crippen LogP contribution is -2.55. The van der Waals surface area contributed by atoms with Crippen LogP contribution in [0.3, 0.4) is 0 Å². The largest absolute Gasteiger partial charge is 0.506 e. The van der Waals surface area contributed by atoms with Crippen molar-refractivity contribution in [3.63, 3.8) is 0 Å². The number of benzene rings is 2. The summed E-state index contributed by atoms with van der Waals surface area (Å²) in [4.78, 5) is 35.1. The molecule has 1 saturated heterocycles. The highest BCUT2D eigenvalue weighted by Gasteiger charge is 2.44. The summed E-state index contributed by atoms with van der Waals surface area (Å²) < 4.78 is 0.222. The predicted octanol–water partition coefficient (Wildman–Crippen LogP) is 2.25. The zero-order valence-electron chi connectivity index (χ0n) is 20.2. The van der Waals surface area contributed by atoms with Gasteiger partial charge in [-0.05, 0) is 50.1 Å². The number of rotatable bonds is 9. The molecule has 0 radical (unpaired) electrons. The molecule has 6 N–H and O–H groups in total. The molecule has 0 aliphatic carbocycles. The molecule has 10 heteroatoms. The molecule has 188 valence electrons. The lowest BCUT2D eigenvalue weighted by Gasteiger charge is -2.34. The van der Waals surface area contributed by atoms with Crippen LogP contribution in [-0.4, -0.2) is 64.9 Å². The number of aromatic hydroxyl groups is 1. The number of urea groups is 1. The fourth-order valence-electron chi connectivity index (χ4n) is 4.18. The van der Waals surface area contributed by atoms with Crippen LogP contribution in [0.25, 0.3) is 0 Å². The Morgan fingerprint density at radius 1 is 1.20 bits per heavy atom. The lowest BCUT2D eigenvalue weighted by molar-refractivity contribution is -0.147. The van der Waals surface area contributed by atoms with Gasteiger partial charge in [-0.25, -0.2) is 14.1 Å². The molecule has 1 aliphatic rings. The SMILES string of the molecule is Cc1cccc([N+]2(CCC(C)(C)NCC(O)c3ccc(O)c(NC(=O)C(=O)O)c3)CCNC2=O)c1. The van der Waals surface area contributed by atoms with E-state index in [9.17, 15) is 24.6 Å². The second-order valence-electron chi connectivity index (χ2n) is 9.55. The summed E-state index contributed by atoms with van der Waals surface area (Å²) in [5.74, 6) is -3.28. The molecular formula is C25H33N4O6+. The molecule has 10 nitrogen and oxygen atoms in total. The van der Waals surface area contributed by atoms with E-state index in [1.165, 1.54) is 18.2 Å². The normalized spacial score (nSPS) is 18.7. The fraction of sp³-hybridized carbons (Fsp3) is 0.400. The maximum Gasteiger partial charge on any atom is 0.421 e. The number of aliphatic hydroxyl groups excluding tert-OH is 1. The first-order valence-corrected chi connectivity index (χ1v) is 11.5. The molecule has 2 atom stereocenters. The molecule has 0 saturated carbocycles. The zero-order chi connectivity index (χ0) is 25.8. The standard InChI is InChI=1S/C25H32N4O6/c1-16-5-4-6-18(13-16)29(12-10-26-24(29)35)11-9-25(2,3)27-15-21(31)17-7-8-20(30)19(14-17)28-22(32)23(33)34/h4-8,13-14,21,27,31H,9-12,15H2,1-3H3,(H3-,26,28,30,32,33,34,35)/p+1. The van der Waals surface area contributed by atoms with Gasteiger partial charge in [0.25, 0.3) is 0 Å². The van der Waals surface area contributed by atoms with Crippen molar-refractivity contribution in [3.8, 4) is 5.75 Å². The Morgan fingerprint density at radius 2 is 1.94 bits per heavy atom. The number of carboxylic acid groups (broad SMARTS) is 1. The number of hydrogen-bond donors (Lipinski definition) is 6. The maximum atomic E-state index is 12.9. The third-order valence-corrected chi connectivity index (χ3v) is 6.39. The van der Waals surface area contributed by atoms with E-state index in [0.29, 0.717) is 31.6 Å². The number of aryl methyl sites for hydroxylation is 1. The number of phenolic OH excluding ortho intramolecular Hbond substituents is 1. The molecule has 2 aromatic carbocycles. The highest BCUT2D eigenvalue weighted by atomic mass is 16.4. The number of carbonyl (C=O) groups excluding carboxylic acids is 2. The Balaban J connectivity index is 1.66. The van der Waals surface area contributed by atoms with Crippen LogP contribution >= 0.6 is 0 Å². The first kappa shape index (κ1) is 26.1. The summed E-state index contributed by atoms with van der Waals surface area (Å²) in [6.07, 6.45) is -0.332. The molecule has 3 amide bonds. The van der Waals surface area contributed by atoms with Crippen molar-refractivity contribution in [2.45, 2.75) is 38.8 Å². The number of nitrogens with one attached hydrogen (secondary N) is 3. The van der Waals surface area contributed by atoms with Gasteiger partial charge in [0.2, 0.25) is 0 Å². The molecule has 0 aromatic heterocycles. The summed E-state index contributed by atoms with van der Waals surface area (Å²) in [5.41, 5.74) is 1.92. The van der Waals surface area contributed by atoms with Crippen LogP contribution in [0.2, 0.25) is 0 Å². The average Bonchev–Trinajstić information content (AvgIpc) is 3.19. The molecular weight excluding hydrogens is 452 g/mol. The Morgan fingerprint density at radius 3 is 2.57 bits per heavy atom. The summed E-state index contributed by atoms with van der Waals surface area (Å²) in [5, 5.41) is 37.7. The minimum absolute atomic E-state index is 0.0218.